The van der Waals surface area contributed by atoms with Crippen LogP contribution in [0.1, 0.15) is 25.3 Å². The smallest absolute Gasteiger partial charge is 0.118 e. The minimum absolute atomic E-state index is 0. The highest BCUT2D eigenvalue weighted by atomic mass is 35.5. The average Bonchev–Trinajstić information content (AvgIpc) is 2.58. The lowest BCUT2D eigenvalue weighted by atomic mass is 9.78. The monoisotopic (exact) mass is 241 g/mol. The molecule has 0 amide bonds. The Balaban J connectivity index is 0.00000128. The summed E-state index contributed by atoms with van der Waals surface area (Å²) in [6.45, 7) is 6.83. The molecule has 2 nitrogen and oxygen atoms in total. The predicted molar refractivity (Wildman–Crippen MR) is 69.6 cm³/mol. The zero-order valence-corrected chi connectivity index (χ0v) is 10.9. The van der Waals surface area contributed by atoms with Crippen LogP contribution in [0.3, 0.4) is 0 Å². The van der Waals surface area contributed by atoms with Crippen molar-refractivity contribution in [3.05, 3.63) is 29.8 Å². The molecule has 0 spiro atoms. The number of halogens is 1. The summed E-state index contributed by atoms with van der Waals surface area (Å²) in [7, 11) is 1.70. The summed E-state index contributed by atoms with van der Waals surface area (Å²) in [5.41, 5.74) is 1.76. The summed E-state index contributed by atoms with van der Waals surface area (Å²) < 4.78 is 5.17. The number of nitrogens with one attached hydrogen (secondary N) is 1. The summed E-state index contributed by atoms with van der Waals surface area (Å²) in [5, 5.41) is 3.46. The van der Waals surface area contributed by atoms with E-state index in [1.54, 1.807) is 7.11 Å². The maximum absolute atomic E-state index is 5.17. The van der Waals surface area contributed by atoms with Crippen molar-refractivity contribution in [1.82, 2.24) is 5.32 Å². The molecule has 1 saturated heterocycles. The number of hydrogen-bond acceptors (Lipinski definition) is 2. The van der Waals surface area contributed by atoms with E-state index in [1.165, 1.54) is 5.56 Å². The molecule has 1 fully saturated rings. The van der Waals surface area contributed by atoms with Crippen LogP contribution in [0.4, 0.5) is 0 Å². The Morgan fingerprint density at radius 3 is 2.31 bits per heavy atom. The number of methoxy groups -OCH3 is 1. The number of rotatable bonds is 2. The molecule has 3 heteroatoms. The molecule has 1 aliphatic rings. The van der Waals surface area contributed by atoms with Crippen molar-refractivity contribution >= 4 is 12.4 Å². The molecule has 1 aromatic rings. The highest BCUT2D eigenvalue weighted by Crippen LogP contribution is 2.38. The van der Waals surface area contributed by atoms with Gasteiger partial charge in [0.2, 0.25) is 0 Å². The van der Waals surface area contributed by atoms with Gasteiger partial charge in [-0.15, -0.1) is 12.4 Å². The van der Waals surface area contributed by atoms with E-state index in [9.17, 15) is 0 Å². The van der Waals surface area contributed by atoms with Gasteiger partial charge in [0.1, 0.15) is 5.75 Å². The topological polar surface area (TPSA) is 21.3 Å². The van der Waals surface area contributed by atoms with Crippen LogP contribution in [0.2, 0.25) is 0 Å². The van der Waals surface area contributed by atoms with Gasteiger partial charge in [0.05, 0.1) is 7.11 Å². The van der Waals surface area contributed by atoms with Crippen LogP contribution in [0.25, 0.3) is 0 Å². The Kier molecular flexibility index (Phi) is 4.22. The van der Waals surface area contributed by atoms with E-state index in [1.807, 2.05) is 12.1 Å². The van der Waals surface area contributed by atoms with Crippen molar-refractivity contribution in [3.8, 4) is 5.75 Å². The fourth-order valence-electron chi connectivity index (χ4n) is 2.34. The third-order valence-corrected chi connectivity index (χ3v) is 3.39. The quantitative estimate of drug-likeness (QED) is 0.860. The Hall–Kier alpha value is -0.730. The summed E-state index contributed by atoms with van der Waals surface area (Å²) >= 11 is 0. The van der Waals surface area contributed by atoms with Gasteiger partial charge in [-0.3, -0.25) is 0 Å². The number of hydrogen-bond donors (Lipinski definition) is 1. The maximum Gasteiger partial charge on any atom is 0.118 e. The van der Waals surface area contributed by atoms with Gasteiger partial charge in [-0.1, -0.05) is 26.0 Å². The molecule has 2 rings (SSSR count). The van der Waals surface area contributed by atoms with E-state index >= 15 is 0 Å². The van der Waals surface area contributed by atoms with E-state index in [2.05, 4.69) is 31.3 Å². The van der Waals surface area contributed by atoms with Gasteiger partial charge in [-0.2, -0.15) is 0 Å². The second kappa shape index (κ2) is 5.07. The minimum atomic E-state index is 0. The van der Waals surface area contributed by atoms with Crippen molar-refractivity contribution in [2.24, 2.45) is 5.41 Å². The molecule has 90 valence electrons. The van der Waals surface area contributed by atoms with Crippen LogP contribution in [0.15, 0.2) is 24.3 Å². The third-order valence-electron chi connectivity index (χ3n) is 3.39. The molecule has 0 unspecified atom stereocenters. The lowest BCUT2D eigenvalue weighted by Gasteiger charge is -2.26. The van der Waals surface area contributed by atoms with Crippen LogP contribution in [0, 0.1) is 5.41 Å². The molecule has 0 saturated carbocycles. The number of ether oxygens (including phenoxy) is 1. The molecule has 0 radical (unpaired) electrons. The molecule has 1 heterocycles. The molecular weight excluding hydrogens is 222 g/mol. The van der Waals surface area contributed by atoms with Gasteiger partial charge in [-0.05, 0) is 23.1 Å². The van der Waals surface area contributed by atoms with Crippen molar-refractivity contribution in [2.45, 2.75) is 19.8 Å². The molecular formula is C13H20ClNO. The maximum atomic E-state index is 5.17. The predicted octanol–water partition coefficient (Wildman–Crippen LogP) is 2.83. The van der Waals surface area contributed by atoms with Crippen LogP contribution in [-0.4, -0.2) is 20.2 Å². The van der Waals surface area contributed by atoms with Crippen molar-refractivity contribution < 1.29 is 4.74 Å². The van der Waals surface area contributed by atoms with E-state index in [0.29, 0.717) is 11.3 Å². The van der Waals surface area contributed by atoms with Crippen LogP contribution < -0.4 is 10.1 Å². The van der Waals surface area contributed by atoms with Gasteiger partial charge < -0.3 is 10.1 Å². The van der Waals surface area contributed by atoms with Crippen molar-refractivity contribution in [2.75, 3.05) is 20.2 Å². The van der Waals surface area contributed by atoms with Crippen molar-refractivity contribution in [1.29, 1.82) is 0 Å². The van der Waals surface area contributed by atoms with E-state index < -0.39 is 0 Å². The van der Waals surface area contributed by atoms with Crippen LogP contribution >= 0.6 is 12.4 Å². The highest BCUT2D eigenvalue weighted by molar-refractivity contribution is 5.85. The van der Waals surface area contributed by atoms with Gasteiger partial charge in [0.15, 0.2) is 0 Å². The SMILES string of the molecule is COc1ccc([C@@H]2CNCC2(C)C)cc1.Cl. The first-order valence-electron chi connectivity index (χ1n) is 5.48. The Labute approximate surface area is 104 Å². The summed E-state index contributed by atoms with van der Waals surface area (Å²) in [4.78, 5) is 0. The molecule has 0 bridgehead atoms. The van der Waals surface area contributed by atoms with Crippen LogP contribution in [0.5, 0.6) is 5.75 Å². The Morgan fingerprint density at radius 1 is 1.25 bits per heavy atom. The zero-order chi connectivity index (χ0) is 10.9. The summed E-state index contributed by atoms with van der Waals surface area (Å²) in [6.07, 6.45) is 0. The highest BCUT2D eigenvalue weighted by Gasteiger charge is 2.35. The Bertz CT molecular complexity index is 334. The first-order chi connectivity index (χ1) is 7.13. The van der Waals surface area contributed by atoms with E-state index in [4.69, 9.17) is 4.74 Å². The lowest BCUT2D eigenvalue weighted by Crippen LogP contribution is -2.20. The Morgan fingerprint density at radius 2 is 1.88 bits per heavy atom. The first kappa shape index (κ1) is 13.3. The molecule has 1 aliphatic heterocycles. The van der Waals surface area contributed by atoms with Gasteiger partial charge >= 0.3 is 0 Å². The fourth-order valence-corrected chi connectivity index (χ4v) is 2.34. The second-order valence-corrected chi connectivity index (χ2v) is 4.95. The standard InChI is InChI=1S/C13H19NO.ClH/c1-13(2)9-14-8-12(13)10-4-6-11(15-3)7-5-10;/h4-7,12,14H,8-9H2,1-3H3;1H/t12-;/m0./s1. The van der Waals surface area contributed by atoms with E-state index in [-0.39, 0.29) is 12.4 Å². The minimum Gasteiger partial charge on any atom is -0.497 e. The average molecular weight is 242 g/mol. The van der Waals surface area contributed by atoms with Crippen molar-refractivity contribution in [3.63, 3.8) is 0 Å². The molecule has 16 heavy (non-hydrogen) atoms. The van der Waals surface area contributed by atoms with Gasteiger partial charge in [0, 0.05) is 19.0 Å². The first-order valence-corrected chi connectivity index (χ1v) is 5.48. The largest absolute Gasteiger partial charge is 0.497 e. The molecule has 0 aliphatic carbocycles. The second-order valence-electron chi connectivity index (χ2n) is 4.95. The number of benzene rings is 1. The summed E-state index contributed by atoms with van der Waals surface area (Å²) in [5.74, 6) is 1.55. The van der Waals surface area contributed by atoms with Gasteiger partial charge in [-0.25, -0.2) is 0 Å². The van der Waals surface area contributed by atoms with Gasteiger partial charge in [0.25, 0.3) is 0 Å². The zero-order valence-electron chi connectivity index (χ0n) is 10.1. The molecule has 0 aromatic heterocycles. The molecule has 1 N–H and O–H groups in total. The van der Waals surface area contributed by atoms with Crippen LogP contribution in [-0.2, 0) is 0 Å². The lowest BCUT2D eigenvalue weighted by molar-refractivity contribution is 0.362. The molecule has 1 aromatic carbocycles. The fraction of sp³-hybridized carbons (Fsp3) is 0.538. The van der Waals surface area contributed by atoms with E-state index in [0.717, 1.165) is 18.8 Å². The normalized spacial score (nSPS) is 22.6. The molecule has 1 atom stereocenters. The summed E-state index contributed by atoms with van der Waals surface area (Å²) in [6, 6.07) is 8.45. The third kappa shape index (κ3) is 2.50.